The van der Waals surface area contributed by atoms with E-state index in [4.69, 9.17) is 14.3 Å². The van der Waals surface area contributed by atoms with Crippen molar-refractivity contribution in [1.29, 1.82) is 0 Å². The van der Waals surface area contributed by atoms with Gasteiger partial charge in [-0.1, -0.05) is 25.1 Å². The zero-order valence-corrected chi connectivity index (χ0v) is 10.7. The highest BCUT2D eigenvalue weighted by Crippen LogP contribution is 2.12. The molecule has 1 unspecified atom stereocenters. The minimum Gasteiger partial charge on any atom is -0.481 e. The van der Waals surface area contributed by atoms with E-state index in [9.17, 15) is 4.79 Å². The number of hydroxylamine groups is 1. The van der Waals surface area contributed by atoms with Crippen molar-refractivity contribution in [2.24, 2.45) is 0 Å². The van der Waals surface area contributed by atoms with Crippen LogP contribution in [0, 0.1) is 0 Å². The summed E-state index contributed by atoms with van der Waals surface area (Å²) < 4.78 is 10.4. The van der Waals surface area contributed by atoms with Crippen molar-refractivity contribution in [3.8, 4) is 5.75 Å². The van der Waals surface area contributed by atoms with E-state index in [1.165, 1.54) is 0 Å². The Morgan fingerprint density at radius 1 is 1.28 bits per heavy atom. The molecule has 0 aromatic heterocycles. The number of carbonyl (C=O) groups is 1. The summed E-state index contributed by atoms with van der Waals surface area (Å²) in [7, 11) is 1.57. The molecule has 0 saturated heterocycles. The third-order valence-electron chi connectivity index (χ3n) is 2.25. The van der Waals surface area contributed by atoms with Gasteiger partial charge in [-0.25, -0.2) is 5.48 Å². The fraction of sp³-hybridized carbons (Fsp3) is 0.462. The number of nitrogens with one attached hydrogen (secondary N) is 1. The molecule has 1 N–H and O–H groups in total. The largest absolute Gasteiger partial charge is 0.481 e. The number of amides is 1. The van der Waals surface area contributed by atoms with Crippen molar-refractivity contribution in [3.05, 3.63) is 30.3 Å². The zero-order valence-electron chi connectivity index (χ0n) is 10.7. The van der Waals surface area contributed by atoms with Crippen LogP contribution in [0.15, 0.2) is 30.3 Å². The molecule has 0 heterocycles. The van der Waals surface area contributed by atoms with Gasteiger partial charge in [0.05, 0.1) is 13.2 Å². The van der Waals surface area contributed by atoms with E-state index >= 15 is 0 Å². The van der Waals surface area contributed by atoms with Crippen LogP contribution in [0.1, 0.15) is 13.3 Å². The molecule has 5 nitrogen and oxygen atoms in total. The van der Waals surface area contributed by atoms with Crippen molar-refractivity contribution >= 4 is 5.91 Å². The van der Waals surface area contributed by atoms with Gasteiger partial charge in [0.25, 0.3) is 5.91 Å². The van der Waals surface area contributed by atoms with Crippen LogP contribution in [-0.2, 0) is 14.4 Å². The summed E-state index contributed by atoms with van der Waals surface area (Å²) in [4.78, 5) is 16.7. The Balaban J connectivity index is 2.38. The summed E-state index contributed by atoms with van der Waals surface area (Å²) in [6.07, 6.45) is 0.00362. The van der Waals surface area contributed by atoms with Gasteiger partial charge in [-0.3, -0.25) is 9.63 Å². The normalized spacial score (nSPS) is 11.9. The first-order valence-corrected chi connectivity index (χ1v) is 5.90. The van der Waals surface area contributed by atoms with Crippen LogP contribution in [0.4, 0.5) is 0 Å². The van der Waals surface area contributed by atoms with Crippen LogP contribution < -0.4 is 10.2 Å². The van der Waals surface area contributed by atoms with Gasteiger partial charge in [0.15, 0.2) is 6.10 Å². The van der Waals surface area contributed by atoms with E-state index in [0.717, 1.165) is 0 Å². The van der Waals surface area contributed by atoms with Crippen LogP contribution >= 0.6 is 0 Å². The lowest BCUT2D eigenvalue weighted by Crippen LogP contribution is -2.38. The maximum absolute atomic E-state index is 11.7. The van der Waals surface area contributed by atoms with Gasteiger partial charge in [-0.2, -0.15) is 0 Å². The Morgan fingerprint density at radius 2 is 2.00 bits per heavy atom. The molecule has 1 aromatic rings. The lowest BCUT2D eigenvalue weighted by atomic mass is 10.2. The van der Waals surface area contributed by atoms with Crippen molar-refractivity contribution in [1.82, 2.24) is 5.48 Å². The molecule has 0 spiro atoms. The van der Waals surface area contributed by atoms with Crippen LogP contribution in [0.3, 0.4) is 0 Å². The smallest absolute Gasteiger partial charge is 0.284 e. The average Bonchev–Trinajstić information content (AvgIpc) is 2.42. The third kappa shape index (κ3) is 5.16. The quantitative estimate of drug-likeness (QED) is 0.564. The second-order valence-electron chi connectivity index (χ2n) is 3.64. The molecule has 18 heavy (non-hydrogen) atoms. The lowest BCUT2D eigenvalue weighted by Gasteiger charge is -2.16. The standard InChI is InChI=1S/C13H19NO4/c1-3-12(13(15)14-17-10-9-16-2)18-11-7-5-4-6-8-11/h4-8,12H,3,9-10H2,1-2H3,(H,14,15). The van der Waals surface area contributed by atoms with E-state index in [1.807, 2.05) is 37.3 Å². The second-order valence-corrected chi connectivity index (χ2v) is 3.64. The number of methoxy groups -OCH3 is 1. The number of rotatable bonds is 8. The van der Waals surface area contributed by atoms with Gasteiger partial charge in [0.1, 0.15) is 5.75 Å². The van der Waals surface area contributed by atoms with Crippen LogP contribution in [-0.4, -0.2) is 32.3 Å². The maximum Gasteiger partial charge on any atom is 0.284 e. The Bertz CT molecular complexity index is 342. The summed E-state index contributed by atoms with van der Waals surface area (Å²) >= 11 is 0. The highest BCUT2D eigenvalue weighted by atomic mass is 16.7. The van der Waals surface area contributed by atoms with Gasteiger partial charge < -0.3 is 9.47 Å². The molecule has 0 bridgehead atoms. The molecule has 0 saturated carbocycles. The van der Waals surface area contributed by atoms with Gasteiger partial charge in [0.2, 0.25) is 0 Å². The van der Waals surface area contributed by atoms with E-state index in [-0.39, 0.29) is 5.91 Å². The molecule has 1 atom stereocenters. The summed E-state index contributed by atoms with van der Waals surface area (Å²) in [5.74, 6) is 0.369. The molecule has 0 fully saturated rings. The van der Waals surface area contributed by atoms with Gasteiger partial charge in [0, 0.05) is 7.11 Å². The number of benzene rings is 1. The Hall–Kier alpha value is -1.59. The number of para-hydroxylation sites is 1. The van der Waals surface area contributed by atoms with E-state index < -0.39 is 6.10 Å². The zero-order chi connectivity index (χ0) is 13.2. The highest BCUT2D eigenvalue weighted by molar-refractivity contribution is 5.80. The minimum absolute atomic E-state index is 0.294. The predicted octanol–water partition coefficient (Wildman–Crippen LogP) is 1.54. The monoisotopic (exact) mass is 253 g/mol. The van der Waals surface area contributed by atoms with E-state index in [1.54, 1.807) is 7.11 Å². The van der Waals surface area contributed by atoms with Gasteiger partial charge in [-0.15, -0.1) is 0 Å². The SMILES string of the molecule is CCC(Oc1ccccc1)C(=O)NOCCOC. The topological polar surface area (TPSA) is 56.8 Å². The Kier molecular flexibility index (Phi) is 6.83. The summed E-state index contributed by atoms with van der Waals surface area (Å²) in [5, 5.41) is 0. The first-order valence-electron chi connectivity index (χ1n) is 5.90. The molecule has 0 radical (unpaired) electrons. The first-order chi connectivity index (χ1) is 8.77. The van der Waals surface area contributed by atoms with Gasteiger partial charge >= 0.3 is 0 Å². The fourth-order valence-electron chi connectivity index (χ4n) is 1.30. The van der Waals surface area contributed by atoms with Crippen molar-refractivity contribution in [3.63, 3.8) is 0 Å². The molecule has 0 aliphatic heterocycles. The summed E-state index contributed by atoms with van der Waals surface area (Å²) in [5.41, 5.74) is 2.34. The summed E-state index contributed by atoms with van der Waals surface area (Å²) in [6, 6.07) is 9.22. The predicted molar refractivity (Wildman–Crippen MR) is 67.1 cm³/mol. The Morgan fingerprint density at radius 3 is 2.61 bits per heavy atom. The molecule has 1 aromatic carbocycles. The first kappa shape index (κ1) is 14.5. The van der Waals surface area contributed by atoms with Crippen LogP contribution in [0.2, 0.25) is 0 Å². The molecule has 0 aliphatic carbocycles. The molecule has 5 heteroatoms. The number of hydrogen-bond acceptors (Lipinski definition) is 4. The summed E-state index contributed by atoms with van der Waals surface area (Å²) in [6.45, 7) is 2.61. The average molecular weight is 253 g/mol. The number of hydrogen-bond donors (Lipinski definition) is 1. The maximum atomic E-state index is 11.7. The Labute approximate surface area is 107 Å². The molecule has 0 aliphatic rings. The van der Waals surface area contributed by atoms with Crippen LogP contribution in [0.25, 0.3) is 0 Å². The second kappa shape index (κ2) is 8.49. The number of ether oxygens (including phenoxy) is 2. The van der Waals surface area contributed by atoms with E-state index in [2.05, 4.69) is 5.48 Å². The highest BCUT2D eigenvalue weighted by Gasteiger charge is 2.18. The van der Waals surface area contributed by atoms with E-state index in [0.29, 0.717) is 25.4 Å². The van der Waals surface area contributed by atoms with Crippen molar-refractivity contribution in [2.75, 3.05) is 20.3 Å². The molecule has 100 valence electrons. The van der Waals surface area contributed by atoms with Gasteiger partial charge in [-0.05, 0) is 18.6 Å². The van der Waals surface area contributed by atoms with Crippen molar-refractivity contribution in [2.45, 2.75) is 19.4 Å². The molecule has 1 amide bonds. The molecular weight excluding hydrogens is 234 g/mol. The molecule has 1 rings (SSSR count). The third-order valence-corrected chi connectivity index (χ3v) is 2.25. The lowest BCUT2D eigenvalue weighted by molar-refractivity contribution is -0.142. The van der Waals surface area contributed by atoms with Crippen LogP contribution in [0.5, 0.6) is 5.75 Å². The number of carbonyl (C=O) groups excluding carboxylic acids is 1. The van der Waals surface area contributed by atoms with Crippen molar-refractivity contribution < 1.29 is 19.1 Å². The molecular formula is C13H19NO4. The fourth-order valence-corrected chi connectivity index (χ4v) is 1.30. The minimum atomic E-state index is -0.560.